The fourth-order valence-corrected chi connectivity index (χ4v) is 3.77. The maximum absolute atomic E-state index is 12.7. The van der Waals surface area contributed by atoms with Gasteiger partial charge in [0.25, 0.3) is 0 Å². The van der Waals surface area contributed by atoms with Gasteiger partial charge < -0.3 is 29.7 Å². The van der Waals surface area contributed by atoms with E-state index in [0.29, 0.717) is 22.9 Å². The predicted molar refractivity (Wildman–Crippen MR) is 115 cm³/mol. The van der Waals surface area contributed by atoms with Gasteiger partial charge in [-0.3, -0.25) is 14.4 Å². The quantitative estimate of drug-likeness (QED) is 0.679. The highest BCUT2D eigenvalue weighted by Crippen LogP contribution is 2.37. The third-order valence-corrected chi connectivity index (χ3v) is 5.56. The Morgan fingerprint density at radius 3 is 2.78 bits per heavy atom. The zero-order valence-corrected chi connectivity index (χ0v) is 17.9. The first-order valence-electron chi connectivity index (χ1n) is 10.4. The molecule has 32 heavy (non-hydrogen) atoms. The van der Waals surface area contributed by atoms with E-state index < -0.39 is 12.0 Å². The summed E-state index contributed by atoms with van der Waals surface area (Å²) in [6.45, 7) is 2.28. The van der Waals surface area contributed by atoms with E-state index in [4.69, 9.17) is 14.2 Å². The van der Waals surface area contributed by atoms with Crippen LogP contribution in [-0.2, 0) is 20.9 Å². The highest BCUT2D eigenvalue weighted by molar-refractivity contribution is 6.01. The van der Waals surface area contributed by atoms with E-state index in [-0.39, 0.29) is 44.0 Å². The first-order chi connectivity index (χ1) is 15.5. The molecule has 1 saturated heterocycles. The maximum atomic E-state index is 12.7. The summed E-state index contributed by atoms with van der Waals surface area (Å²) in [7, 11) is 1.57. The first kappa shape index (κ1) is 21.5. The smallest absolute Gasteiger partial charge is 0.242 e. The zero-order chi connectivity index (χ0) is 22.7. The number of nitrogens with zero attached hydrogens (tertiary/aromatic N) is 1. The number of carbonyl (C=O) groups excluding carboxylic acids is 3. The predicted octanol–water partition coefficient (Wildman–Crippen LogP) is 1.60. The van der Waals surface area contributed by atoms with Gasteiger partial charge in [-0.2, -0.15) is 0 Å². The molecule has 0 radical (unpaired) electrons. The molecule has 1 fully saturated rings. The van der Waals surface area contributed by atoms with Crippen LogP contribution < -0.4 is 29.7 Å². The van der Waals surface area contributed by atoms with E-state index in [9.17, 15) is 14.4 Å². The minimum absolute atomic E-state index is 0.0792. The Kier molecular flexibility index (Phi) is 6.16. The van der Waals surface area contributed by atoms with Crippen molar-refractivity contribution in [2.75, 3.05) is 25.3 Å². The SMILES string of the molecule is COc1ccccc1CNC(=O)[C@@H](C)NC(=O)C1CC(=O)N(c2ccc3c(c2)OCO3)C1. The highest BCUT2D eigenvalue weighted by atomic mass is 16.7. The lowest BCUT2D eigenvalue weighted by Crippen LogP contribution is -2.47. The summed E-state index contributed by atoms with van der Waals surface area (Å²) in [6.07, 6.45) is 0.0792. The molecule has 0 aromatic heterocycles. The van der Waals surface area contributed by atoms with E-state index in [0.717, 1.165) is 5.56 Å². The number of anilines is 1. The van der Waals surface area contributed by atoms with E-state index in [1.807, 2.05) is 24.3 Å². The molecule has 9 nitrogen and oxygen atoms in total. The van der Waals surface area contributed by atoms with Crippen molar-refractivity contribution in [1.29, 1.82) is 0 Å². The van der Waals surface area contributed by atoms with Gasteiger partial charge in [0.2, 0.25) is 24.5 Å². The van der Waals surface area contributed by atoms with Gasteiger partial charge in [0, 0.05) is 36.8 Å². The Labute approximate surface area is 185 Å². The van der Waals surface area contributed by atoms with Crippen molar-refractivity contribution in [3.05, 3.63) is 48.0 Å². The molecule has 0 saturated carbocycles. The average Bonchev–Trinajstić information content (AvgIpc) is 3.43. The molecule has 1 unspecified atom stereocenters. The van der Waals surface area contributed by atoms with Crippen LogP contribution >= 0.6 is 0 Å². The number of nitrogens with one attached hydrogen (secondary N) is 2. The second kappa shape index (κ2) is 9.17. The van der Waals surface area contributed by atoms with Gasteiger partial charge in [-0.1, -0.05) is 18.2 Å². The Morgan fingerprint density at radius 1 is 1.19 bits per heavy atom. The van der Waals surface area contributed by atoms with Gasteiger partial charge >= 0.3 is 0 Å². The molecule has 2 aromatic carbocycles. The Bertz CT molecular complexity index is 1040. The third-order valence-electron chi connectivity index (χ3n) is 5.56. The monoisotopic (exact) mass is 439 g/mol. The number of methoxy groups -OCH3 is 1. The molecule has 0 bridgehead atoms. The van der Waals surface area contributed by atoms with Crippen LogP contribution in [0, 0.1) is 5.92 Å². The second-order valence-corrected chi connectivity index (χ2v) is 7.70. The van der Waals surface area contributed by atoms with Crippen molar-refractivity contribution in [1.82, 2.24) is 10.6 Å². The molecule has 2 aliphatic heterocycles. The standard InChI is InChI=1S/C23H25N3O6/c1-14(22(28)24-11-15-5-3-4-6-18(15)30-2)25-23(29)16-9-21(27)26(12-16)17-7-8-19-20(10-17)32-13-31-19/h3-8,10,14,16H,9,11-13H2,1-2H3,(H,24,28)(H,25,29)/t14-,16?/m1/s1. The lowest BCUT2D eigenvalue weighted by molar-refractivity contribution is -0.131. The van der Waals surface area contributed by atoms with Crippen molar-refractivity contribution in [3.63, 3.8) is 0 Å². The molecule has 2 N–H and O–H groups in total. The Balaban J connectivity index is 1.31. The average molecular weight is 439 g/mol. The number of hydrogen-bond acceptors (Lipinski definition) is 6. The summed E-state index contributed by atoms with van der Waals surface area (Å²) in [5, 5.41) is 5.51. The van der Waals surface area contributed by atoms with Crippen LogP contribution in [0.1, 0.15) is 18.9 Å². The van der Waals surface area contributed by atoms with Crippen LogP contribution in [0.2, 0.25) is 0 Å². The van der Waals surface area contributed by atoms with Crippen LogP contribution in [0.5, 0.6) is 17.2 Å². The fraction of sp³-hybridized carbons (Fsp3) is 0.348. The van der Waals surface area contributed by atoms with E-state index in [1.54, 1.807) is 37.1 Å². The maximum Gasteiger partial charge on any atom is 0.242 e. The molecule has 2 heterocycles. The Hall–Kier alpha value is -3.75. The second-order valence-electron chi connectivity index (χ2n) is 7.70. The molecule has 0 aliphatic carbocycles. The summed E-state index contributed by atoms with van der Waals surface area (Å²) in [6, 6.07) is 11.9. The number of fused-ring (bicyclic) bond motifs is 1. The van der Waals surface area contributed by atoms with Gasteiger partial charge in [-0.25, -0.2) is 0 Å². The molecule has 3 amide bonds. The van der Waals surface area contributed by atoms with Gasteiger partial charge in [-0.15, -0.1) is 0 Å². The number of para-hydroxylation sites is 1. The highest BCUT2D eigenvalue weighted by Gasteiger charge is 2.36. The number of amides is 3. The van der Waals surface area contributed by atoms with Crippen molar-refractivity contribution >= 4 is 23.4 Å². The van der Waals surface area contributed by atoms with Gasteiger partial charge in [0.1, 0.15) is 11.8 Å². The molecule has 2 atom stereocenters. The zero-order valence-electron chi connectivity index (χ0n) is 17.9. The largest absolute Gasteiger partial charge is 0.496 e. The number of hydrogen-bond donors (Lipinski definition) is 2. The summed E-state index contributed by atoms with van der Waals surface area (Å²) in [5.41, 5.74) is 1.49. The lowest BCUT2D eigenvalue weighted by atomic mass is 10.1. The van der Waals surface area contributed by atoms with Crippen molar-refractivity contribution in [2.45, 2.75) is 25.9 Å². The van der Waals surface area contributed by atoms with E-state index >= 15 is 0 Å². The number of carbonyl (C=O) groups is 3. The molecular formula is C23H25N3O6. The molecule has 168 valence electrons. The minimum Gasteiger partial charge on any atom is -0.496 e. The van der Waals surface area contributed by atoms with Gasteiger partial charge in [-0.05, 0) is 25.1 Å². The summed E-state index contributed by atoms with van der Waals surface area (Å²) < 4.78 is 15.9. The summed E-state index contributed by atoms with van der Waals surface area (Å²) in [4.78, 5) is 39.2. The number of benzene rings is 2. The number of rotatable bonds is 7. The van der Waals surface area contributed by atoms with E-state index in [1.165, 1.54) is 0 Å². The van der Waals surface area contributed by atoms with Crippen LogP contribution in [0.25, 0.3) is 0 Å². The summed E-state index contributed by atoms with van der Waals surface area (Å²) >= 11 is 0. The van der Waals surface area contributed by atoms with Gasteiger partial charge in [0.05, 0.1) is 13.0 Å². The van der Waals surface area contributed by atoms with Crippen molar-refractivity contribution in [2.24, 2.45) is 5.92 Å². The molecule has 2 aliphatic rings. The molecule has 9 heteroatoms. The van der Waals surface area contributed by atoms with E-state index in [2.05, 4.69) is 10.6 Å². The molecule has 0 spiro atoms. The Morgan fingerprint density at radius 2 is 1.97 bits per heavy atom. The van der Waals surface area contributed by atoms with Crippen molar-refractivity contribution in [3.8, 4) is 17.2 Å². The number of ether oxygens (including phenoxy) is 3. The lowest BCUT2D eigenvalue weighted by Gasteiger charge is -2.19. The molecule has 2 aromatic rings. The normalized spacial score (nSPS) is 17.8. The van der Waals surface area contributed by atoms with Gasteiger partial charge in [0.15, 0.2) is 11.5 Å². The first-order valence-corrected chi connectivity index (χ1v) is 10.4. The van der Waals surface area contributed by atoms with Crippen LogP contribution in [0.15, 0.2) is 42.5 Å². The van der Waals surface area contributed by atoms with Crippen LogP contribution in [0.3, 0.4) is 0 Å². The van der Waals surface area contributed by atoms with Crippen LogP contribution in [0.4, 0.5) is 5.69 Å². The molecule has 4 rings (SSSR count). The van der Waals surface area contributed by atoms with Crippen molar-refractivity contribution < 1.29 is 28.6 Å². The minimum atomic E-state index is -0.744. The topological polar surface area (TPSA) is 106 Å². The third kappa shape index (κ3) is 4.46. The summed E-state index contributed by atoms with van der Waals surface area (Å²) in [5.74, 6) is 0.529. The fourth-order valence-electron chi connectivity index (χ4n) is 3.77. The molecular weight excluding hydrogens is 414 g/mol. The van der Waals surface area contributed by atoms with Crippen LogP contribution in [-0.4, -0.2) is 44.2 Å².